The first-order valence-electron chi connectivity index (χ1n) is 8.96. The smallest absolute Gasteiger partial charge is 0.163 e. The predicted molar refractivity (Wildman–Crippen MR) is 107 cm³/mol. The van der Waals surface area contributed by atoms with Crippen LogP contribution in [0.2, 0.25) is 5.02 Å². The second kappa shape index (κ2) is 7.25. The van der Waals surface area contributed by atoms with Crippen molar-refractivity contribution in [3.05, 3.63) is 75.8 Å². The van der Waals surface area contributed by atoms with Gasteiger partial charge in [0.05, 0.1) is 16.4 Å². The molecule has 1 aromatic heterocycles. The van der Waals surface area contributed by atoms with Crippen LogP contribution in [-0.2, 0) is 17.9 Å². The van der Waals surface area contributed by atoms with Crippen molar-refractivity contribution in [2.45, 2.75) is 32.9 Å². The van der Waals surface area contributed by atoms with E-state index < -0.39 is 0 Å². The topological polar surface area (TPSA) is 52.3 Å². The Balaban J connectivity index is 1.93. The number of rotatable bonds is 4. The van der Waals surface area contributed by atoms with Crippen molar-refractivity contribution in [2.24, 2.45) is 4.99 Å². The molecule has 5 nitrogen and oxygen atoms in total. The Morgan fingerprint density at radius 3 is 2.74 bits per heavy atom. The first-order valence-corrected chi connectivity index (χ1v) is 9.34. The first kappa shape index (κ1) is 17.9. The van der Waals surface area contributed by atoms with Crippen LogP contribution in [0, 0.1) is 0 Å². The van der Waals surface area contributed by atoms with Gasteiger partial charge in [0.1, 0.15) is 13.2 Å². The molecule has 0 radical (unpaired) electrons. The number of fused-ring (bicyclic) bond motifs is 3. The molecule has 4 rings (SSSR count). The van der Waals surface area contributed by atoms with E-state index in [-0.39, 0.29) is 0 Å². The SMILES string of the molecule is COCc1nnc2n1-c1c(Cl)cccc1C(c1cccc(C(C)C)c1)=NC2. The molecule has 0 unspecified atom stereocenters. The second-order valence-corrected chi connectivity index (χ2v) is 7.29. The van der Waals surface area contributed by atoms with E-state index in [0.29, 0.717) is 29.9 Å². The van der Waals surface area contributed by atoms with Crippen molar-refractivity contribution in [3.63, 3.8) is 0 Å². The molecule has 2 heterocycles. The van der Waals surface area contributed by atoms with Crippen molar-refractivity contribution >= 4 is 17.3 Å². The summed E-state index contributed by atoms with van der Waals surface area (Å²) in [5.74, 6) is 1.92. The van der Waals surface area contributed by atoms with E-state index in [4.69, 9.17) is 21.3 Å². The number of methoxy groups -OCH3 is 1. The highest BCUT2D eigenvalue weighted by Gasteiger charge is 2.25. The largest absolute Gasteiger partial charge is 0.377 e. The van der Waals surface area contributed by atoms with Gasteiger partial charge in [-0.05, 0) is 23.6 Å². The van der Waals surface area contributed by atoms with E-state index in [0.717, 1.165) is 28.4 Å². The molecule has 0 N–H and O–H groups in total. The van der Waals surface area contributed by atoms with Crippen molar-refractivity contribution in [3.8, 4) is 5.69 Å². The highest BCUT2D eigenvalue weighted by Crippen LogP contribution is 2.32. The van der Waals surface area contributed by atoms with Crippen LogP contribution >= 0.6 is 11.6 Å². The Morgan fingerprint density at radius 2 is 1.96 bits per heavy atom. The predicted octanol–water partition coefficient (Wildman–Crippen LogP) is 4.54. The number of hydrogen-bond donors (Lipinski definition) is 0. The number of hydrogen-bond acceptors (Lipinski definition) is 4. The minimum Gasteiger partial charge on any atom is -0.377 e. The molecule has 1 aliphatic rings. The number of benzene rings is 2. The van der Waals surface area contributed by atoms with E-state index in [2.05, 4.69) is 48.3 Å². The van der Waals surface area contributed by atoms with Gasteiger partial charge in [0, 0.05) is 18.2 Å². The molecule has 27 heavy (non-hydrogen) atoms. The van der Waals surface area contributed by atoms with Gasteiger partial charge in [-0.25, -0.2) is 0 Å². The molecular formula is C21H21ClN4O. The van der Waals surface area contributed by atoms with Crippen molar-refractivity contribution in [1.82, 2.24) is 14.8 Å². The molecule has 2 aromatic carbocycles. The Kier molecular flexibility index (Phi) is 4.81. The fourth-order valence-electron chi connectivity index (χ4n) is 3.40. The summed E-state index contributed by atoms with van der Waals surface area (Å²) in [6, 6.07) is 14.4. The van der Waals surface area contributed by atoms with Gasteiger partial charge < -0.3 is 4.74 Å². The van der Waals surface area contributed by atoms with Crippen LogP contribution in [0.4, 0.5) is 0 Å². The summed E-state index contributed by atoms with van der Waals surface area (Å²) in [6.45, 7) is 5.17. The Morgan fingerprint density at radius 1 is 1.15 bits per heavy atom. The van der Waals surface area contributed by atoms with Gasteiger partial charge in [-0.2, -0.15) is 0 Å². The number of halogens is 1. The van der Waals surface area contributed by atoms with Gasteiger partial charge in [-0.15, -0.1) is 10.2 Å². The lowest BCUT2D eigenvalue weighted by molar-refractivity contribution is 0.176. The Bertz CT molecular complexity index is 1020. The molecule has 0 aliphatic carbocycles. The highest BCUT2D eigenvalue weighted by molar-refractivity contribution is 6.33. The maximum Gasteiger partial charge on any atom is 0.163 e. The van der Waals surface area contributed by atoms with Crippen LogP contribution in [0.25, 0.3) is 5.69 Å². The lowest BCUT2D eigenvalue weighted by atomic mass is 9.95. The first-order chi connectivity index (χ1) is 13.1. The fraction of sp³-hybridized carbons (Fsp3) is 0.286. The molecule has 3 aromatic rings. The van der Waals surface area contributed by atoms with Crippen LogP contribution in [0.3, 0.4) is 0 Å². The Labute approximate surface area is 163 Å². The van der Waals surface area contributed by atoms with E-state index >= 15 is 0 Å². The quantitative estimate of drug-likeness (QED) is 0.667. The molecule has 0 spiro atoms. The monoisotopic (exact) mass is 380 g/mol. The molecule has 0 saturated carbocycles. The minimum atomic E-state index is 0.357. The van der Waals surface area contributed by atoms with Crippen molar-refractivity contribution < 1.29 is 4.74 Å². The van der Waals surface area contributed by atoms with Gasteiger partial charge in [0.2, 0.25) is 0 Å². The van der Waals surface area contributed by atoms with Gasteiger partial charge in [0.25, 0.3) is 0 Å². The van der Waals surface area contributed by atoms with Crippen LogP contribution in [0.5, 0.6) is 0 Å². The third kappa shape index (κ3) is 3.17. The van der Waals surface area contributed by atoms with Gasteiger partial charge in [-0.3, -0.25) is 9.56 Å². The molecule has 0 bridgehead atoms. The summed E-state index contributed by atoms with van der Waals surface area (Å²) in [5.41, 5.74) is 5.11. The molecule has 6 heteroatoms. The fourth-order valence-corrected chi connectivity index (χ4v) is 3.66. The number of nitrogens with zero attached hydrogens (tertiary/aromatic N) is 4. The van der Waals surface area contributed by atoms with Gasteiger partial charge in [0.15, 0.2) is 11.6 Å². The van der Waals surface area contributed by atoms with E-state index in [1.807, 2.05) is 22.8 Å². The highest BCUT2D eigenvalue weighted by atomic mass is 35.5. The minimum absolute atomic E-state index is 0.357. The maximum absolute atomic E-state index is 6.63. The lowest BCUT2D eigenvalue weighted by Crippen LogP contribution is -2.11. The number of aliphatic imine (C=N–C) groups is 1. The molecule has 138 valence electrons. The summed E-state index contributed by atoms with van der Waals surface area (Å²) < 4.78 is 7.27. The summed E-state index contributed by atoms with van der Waals surface area (Å²) in [7, 11) is 1.64. The van der Waals surface area contributed by atoms with E-state index in [1.165, 1.54) is 5.56 Å². The average molecular weight is 381 g/mol. The zero-order valence-electron chi connectivity index (χ0n) is 15.6. The van der Waals surface area contributed by atoms with Crippen LogP contribution in [-0.4, -0.2) is 27.6 Å². The van der Waals surface area contributed by atoms with Crippen LogP contribution in [0.1, 0.15) is 48.1 Å². The van der Waals surface area contributed by atoms with Gasteiger partial charge >= 0.3 is 0 Å². The summed E-state index contributed by atoms with van der Waals surface area (Å²) in [5, 5.41) is 9.22. The Hall–Kier alpha value is -2.50. The molecule has 1 aliphatic heterocycles. The summed E-state index contributed by atoms with van der Waals surface area (Å²) in [4.78, 5) is 4.89. The number of ether oxygens (including phenoxy) is 1. The molecule has 0 atom stereocenters. The second-order valence-electron chi connectivity index (χ2n) is 6.88. The molecule has 0 amide bonds. The molecule has 0 fully saturated rings. The third-order valence-corrected chi connectivity index (χ3v) is 5.05. The molecular weight excluding hydrogens is 360 g/mol. The standard InChI is InChI=1S/C21H21ClN4O/c1-13(2)14-6-4-7-15(10-14)20-16-8-5-9-17(22)21(16)26-18(11-23-20)24-25-19(26)12-27-3/h4-10,13H,11-12H2,1-3H3. The average Bonchev–Trinajstić information content (AvgIpc) is 2.96. The van der Waals surface area contributed by atoms with Crippen molar-refractivity contribution in [2.75, 3.05) is 7.11 Å². The maximum atomic E-state index is 6.63. The molecule has 0 saturated heterocycles. The van der Waals surface area contributed by atoms with E-state index in [9.17, 15) is 0 Å². The van der Waals surface area contributed by atoms with Crippen LogP contribution < -0.4 is 0 Å². The zero-order chi connectivity index (χ0) is 19.0. The normalized spacial score (nSPS) is 13.1. The van der Waals surface area contributed by atoms with Crippen molar-refractivity contribution in [1.29, 1.82) is 0 Å². The summed E-state index contributed by atoms with van der Waals surface area (Å²) in [6.07, 6.45) is 0. The van der Waals surface area contributed by atoms with Crippen LogP contribution in [0.15, 0.2) is 47.5 Å². The number of para-hydroxylation sites is 1. The summed E-state index contributed by atoms with van der Waals surface area (Å²) >= 11 is 6.63. The lowest BCUT2D eigenvalue weighted by Gasteiger charge is -2.15. The third-order valence-electron chi connectivity index (χ3n) is 4.74. The van der Waals surface area contributed by atoms with E-state index in [1.54, 1.807) is 7.11 Å². The zero-order valence-corrected chi connectivity index (χ0v) is 16.4. The van der Waals surface area contributed by atoms with Gasteiger partial charge in [-0.1, -0.05) is 55.8 Å². The number of aromatic nitrogens is 3.